The van der Waals surface area contributed by atoms with Crippen LogP contribution in [-0.4, -0.2) is 16.3 Å². The molecule has 3 aromatic rings. The van der Waals surface area contributed by atoms with Gasteiger partial charge in [0, 0.05) is 0 Å². The first-order valence-electron chi connectivity index (χ1n) is 7.04. The van der Waals surface area contributed by atoms with Gasteiger partial charge in [0.15, 0.2) is 0 Å². The van der Waals surface area contributed by atoms with E-state index in [2.05, 4.69) is 36.4 Å². The average molecular weight is 264 g/mol. The van der Waals surface area contributed by atoms with Crippen molar-refractivity contribution in [2.75, 3.05) is 0 Å². The van der Waals surface area contributed by atoms with E-state index in [1.807, 2.05) is 12.1 Å². The van der Waals surface area contributed by atoms with E-state index in [9.17, 15) is 10.2 Å². The van der Waals surface area contributed by atoms with Crippen molar-refractivity contribution in [1.29, 1.82) is 0 Å². The molecular formula is C18H16O2. The predicted octanol–water partition coefficient (Wildman–Crippen LogP) is 3.33. The molecule has 2 unspecified atom stereocenters. The molecule has 1 aliphatic carbocycles. The van der Waals surface area contributed by atoms with Crippen molar-refractivity contribution in [2.24, 2.45) is 0 Å². The molecule has 2 heteroatoms. The second-order valence-electron chi connectivity index (χ2n) is 5.61. The van der Waals surface area contributed by atoms with Crippen molar-refractivity contribution in [3.05, 3.63) is 59.7 Å². The van der Waals surface area contributed by atoms with E-state index in [-0.39, 0.29) is 0 Å². The summed E-state index contributed by atoms with van der Waals surface area (Å²) in [5.74, 6) is 0. The molecule has 0 aliphatic heterocycles. The zero-order valence-corrected chi connectivity index (χ0v) is 11.1. The molecule has 3 aromatic carbocycles. The van der Waals surface area contributed by atoms with Crippen molar-refractivity contribution in [2.45, 2.75) is 25.0 Å². The molecule has 0 bridgehead atoms. The number of rotatable bonds is 0. The number of hydrogen-bond donors (Lipinski definition) is 2. The Labute approximate surface area is 117 Å². The molecule has 2 nitrogen and oxygen atoms in total. The highest BCUT2D eigenvalue weighted by Gasteiger charge is 2.26. The van der Waals surface area contributed by atoms with Gasteiger partial charge in [0.05, 0.1) is 6.10 Å². The van der Waals surface area contributed by atoms with Crippen LogP contribution in [0, 0.1) is 0 Å². The van der Waals surface area contributed by atoms with Crippen LogP contribution < -0.4 is 0 Å². The highest BCUT2D eigenvalue weighted by molar-refractivity contribution is 6.07. The number of aryl methyl sites for hydroxylation is 1. The first-order valence-corrected chi connectivity index (χ1v) is 7.04. The van der Waals surface area contributed by atoms with E-state index in [1.54, 1.807) is 0 Å². The fourth-order valence-electron chi connectivity index (χ4n) is 3.28. The summed E-state index contributed by atoms with van der Waals surface area (Å²) >= 11 is 0. The first-order chi connectivity index (χ1) is 9.74. The average Bonchev–Trinajstić information content (AvgIpc) is 2.50. The van der Waals surface area contributed by atoms with Crippen LogP contribution in [0.4, 0.5) is 0 Å². The minimum Gasteiger partial charge on any atom is -0.390 e. The van der Waals surface area contributed by atoms with Gasteiger partial charge in [0.2, 0.25) is 0 Å². The number of hydrogen-bond acceptors (Lipinski definition) is 2. The lowest BCUT2D eigenvalue weighted by Gasteiger charge is -2.27. The molecule has 0 fully saturated rings. The number of benzene rings is 3. The molecule has 0 heterocycles. The Bertz CT molecular complexity index is 807. The summed E-state index contributed by atoms with van der Waals surface area (Å²) in [6.07, 6.45) is 0.0620. The van der Waals surface area contributed by atoms with Crippen molar-refractivity contribution in [1.82, 2.24) is 0 Å². The molecular weight excluding hydrogens is 248 g/mol. The highest BCUT2D eigenvalue weighted by atomic mass is 16.3. The number of aliphatic hydroxyl groups excluding tert-OH is 2. The topological polar surface area (TPSA) is 40.5 Å². The second-order valence-corrected chi connectivity index (χ2v) is 5.61. The molecule has 4 rings (SSSR count). The number of aliphatic hydroxyl groups is 2. The largest absolute Gasteiger partial charge is 0.390 e. The third kappa shape index (κ3) is 1.65. The van der Waals surface area contributed by atoms with Gasteiger partial charge in [-0.1, -0.05) is 42.5 Å². The summed E-state index contributed by atoms with van der Waals surface area (Å²) in [5.41, 5.74) is 2.04. The Balaban J connectivity index is 2.05. The molecule has 0 saturated carbocycles. The number of fused-ring (bicyclic) bond motifs is 4. The fourth-order valence-corrected chi connectivity index (χ4v) is 3.28. The maximum Gasteiger partial charge on any atom is 0.105 e. The van der Waals surface area contributed by atoms with Crippen LogP contribution in [0.1, 0.15) is 23.7 Å². The predicted molar refractivity (Wildman–Crippen MR) is 80.7 cm³/mol. The van der Waals surface area contributed by atoms with Gasteiger partial charge in [-0.2, -0.15) is 0 Å². The highest BCUT2D eigenvalue weighted by Crippen LogP contribution is 2.35. The quantitative estimate of drug-likeness (QED) is 0.611. The van der Waals surface area contributed by atoms with Gasteiger partial charge in [-0.25, -0.2) is 0 Å². The van der Waals surface area contributed by atoms with E-state index >= 15 is 0 Å². The third-order valence-electron chi connectivity index (χ3n) is 4.40. The normalized spacial score (nSPS) is 22.1. The Morgan fingerprint density at radius 2 is 1.65 bits per heavy atom. The van der Waals surface area contributed by atoms with Crippen molar-refractivity contribution < 1.29 is 10.2 Å². The van der Waals surface area contributed by atoms with E-state index < -0.39 is 12.2 Å². The summed E-state index contributed by atoms with van der Waals surface area (Å²) in [7, 11) is 0. The van der Waals surface area contributed by atoms with Gasteiger partial charge in [-0.05, 0) is 51.6 Å². The minimum absolute atomic E-state index is 0.629. The lowest BCUT2D eigenvalue weighted by molar-refractivity contribution is 0.00660. The monoisotopic (exact) mass is 264 g/mol. The molecule has 0 saturated heterocycles. The maximum absolute atomic E-state index is 10.2. The molecule has 0 spiro atoms. The standard InChI is InChI=1S/C18H16O2/c19-17-8-7-13-9-15-12(10-16(13)18(17)20)6-5-11-3-1-2-4-14(11)15/h1-6,9-10,17-20H,7-8H2. The SMILES string of the molecule is OC1CCc2cc3c(ccc4ccccc43)cc2C1O. The molecule has 2 atom stereocenters. The van der Waals surface area contributed by atoms with E-state index in [0.29, 0.717) is 6.42 Å². The van der Waals surface area contributed by atoms with Crippen LogP contribution in [-0.2, 0) is 6.42 Å². The van der Waals surface area contributed by atoms with Gasteiger partial charge in [0.25, 0.3) is 0 Å². The Kier molecular flexibility index (Phi) is 2.56. The van der Waals surface area contributed by atoms with Gasteiger partial charge >= 0.3 is 0 Å². The van der Waals surface area contributed by atoms with Crippen LogP contribution in [0.15, 0.2) is 48.5 Å². The van der Waals surface area contributed by atoms with Crippen molar-refractivity contribution >= 4 is 21.5 Å². The summed E-state index contributed by atoms with van der Waals surface area (Å²) in [5, 5.41) is 24.8. The molecule has 0 amide bonds. The van der Waals surface area contributed by atoms with Crippen LogP contribution in [0.25, 0.3) is 21.5 Å². The van der Waals surface area contributed by atoms with Crippen LogP contribution in [0.2, 0.25) is 0 Å². The molecule has 0 radical (unpaired) electrons. The molecule has 100 valence electrons. The summed E-state index contributed by atoms with van der Waals surface area (Å²) in [6.45, 7) is 0. The maximum atomic E-state index is 10.2. The fraction of sp³-hybridized carbons (Fsp3) is 0.222. The zero-order chi connectivity index (χ0) is 13.7. The van der Waals surface area contributed by atoms with Gasteiger partial charge in [-0.3, -0.25) is 0 Å². The van der Waals surface area contributed by atoms with Crippen LogP contribution >= 0.6 is 0 Å². The van der Waals surface area contributed by atoms with E-state index in [4.69, 9.17) is 0 Å². The van der Waals surface area contributed by atoms with Gasteiger partial charge in [-0.15, -0.1) is 0 Å². The smallest absolute Gasteiger partial charge is 0.105 e. The zero-order valence-electron chi connectivity index (χ0n) is 11.1. The summed E-state index contributed by atoms with van der Waals surface area (Å²) < 4.78 is 0. The van der Waals surface area contributed by atoms with Crippen molar-refractivity contribution in [3.63, 3.8) is 0 Å². The molecule has 2 N–H and O–H groups in total. The van der Waals surface area contributed by atoms with Crippen molar-refractivity contribution in [3.8, 4) is 0 Å². The molecule has 20 heavy (non-hydrogen) atoms. The van der Waals surface area contributed by atoms with Gasteiger partial charge < -0.3 is 10.2 Å². The summed E-state index contributed by atoms with van der Waals surface area (Å²) in [6, 6.07) is 16.8. The Hall–Kier alpha value is -1.90. The van der Waals surface area contributed by atoms with E-state index in [1.165, 1.54) is 16.2 Å². The minimum atomic E-state index is -0.755. The van der Waals surface area contributed by atoms with Crippen LogP contribution in [0.5, 0.6) is 0 Å². The van der Waals surface area contributed by atoms with Crippen LogP contribution in [0.3, 0.4) is 0 Å². The second kappa shape index (κ2) is 4.30. The lowest BCUT2D eigenvalue weighted by Crippen LogP contribution is -2.24. The Morgan fingerprint density at radius 3 is 2.55 bits per heavy atom. The third-order valence-corrected chi connectivity index (χ3v) is 4.40. The summed E-state index contributed by atoms with van der Waals surface area (Å²) in [4.78, 5) is 0. The van der Waals surface area contributed by atoms with E-state index in [0.717, 1.165) is 22.9 Å². The molecule has 0 aromatic heterocycles. The Morgan fingerprint density at radius 1 is 0.850 bits per heavy atom. The van der Waals surface area contributed by atoms with Gasteiger partial charge in [0.1, 0.15) is 6.10 Å². The first kappa shape index (κ1) is 11.9. The lowest BCUT2D eigenvalue weighted by atomic mass is 9.85. The molecule has 1 aliphatic rings.